The summed E-state index contributed by atoms with van der Waals surface area (Å²) in [5, 5.41) is 9.37. The minimum absolute atomic E-state index is 0.649. The van der Waals surface area contributed by atoms with Gasteiger partial charge in [-0.05, 0) is 351 Å². The van der Waals surface area contributed by atoms with Gasteiger partial charge in [0.1, 0.15) is 12.6 Å². The predicted octanol–water partition coefficient (Wildman–Crippen LogP) is 37.5. The SMILES string of the molecule is C=Cc1ccc(-n2c3ccccc3c3cc(N(c4ccccc4)c4ccc(N(c5ccccc5)c5ccc(N(c6ccccc6)c6ccc7c(c6)c6ccccc6n7-c6ccc(C=C)cc6)cc5)cc4)ccc32)cc1.O=Cc1ccc(-n2c3ccccc3c3cc(N(c4ccccc4)c4ccc(N(c5ccccc5)c5ccc(N(c6ccccc6)c6ccc7c(c6)c6ccccc6n7-c6ccc(C=O)cc6)cc5)cc4)ccc32)cc1. The van der Waals surface area contributed by atoms with Crippen molar-refractivity contribution in [2.75, 3.05) is 29.4 Å². The molecule has 0 spiro atoms. The predicted molar refractivity (Wildman–Crippen MR) is 629 cm³/mol. The lowest BCUT2D eigenvalue weighted by Gasteiger charge is -2.29. The van der Waals surface area contributed by atoms with Crippen molar-refractivity contribution in [2.45, 2.75) is 0 Å². The molecular weight excluding hydrogens is 1830 g/mol. The molecule has 0 atom stereocenters. The molecule has 0 bridgehead atoms. The first-order valence-corrected chi connectivity index (χ1v) is 50.4. The fourth-order valence-electron chi connectivity index (χ4n) is 21.6. The molecule has 0 aliphatic carbocycles. The first-order valence-electron chi connectivity index (χ1n) is 50.4. The van der Waals surface area contributed by atoms with Crippen molar-refractivity contribution in [3.8, 4) is 22.7 Å². The first kappa shape index (κ1) is 90.9. The van der Waals surface area contributed by atoms with E-state index >= 15 is 0 Å². The summed E-state index contributed by atoms with van der Waals surface area (Å²) < 4.78 is 9.26. The number of rotatable bonds is 26. The van der Waals surface area contributed by atoms with Crippen molar-refractivity contribution in [2.24, 2.45) is 0 Å². The maximum absolute atomic E-state index is 11.5. The molecule has 0 saturated heterocycles. The summed E-state index contributed by atoms with van der Waals surface area (Å²) in [7, 11) is 0. The molecule has 22 aromatic carbocycles. The van der Waals surface area contributed by atoms with Gasteiger partial charge in [0.2, 0.25) is 0 Å². The van der Waals surface area contributed by atoms with Crippen LogP contribution >= 0.6 is 0 Å². The maximum Gasteiger partial charge on any atom is 0.150 e. The van der Waals surface area contributed by atoms with Crippen LogP contribution in [0.15, 0.2) is 559 Å². The summed E-state index contributed by atoms with van der Waals surface area (Å²) in [4.78, 5) is 37.0. The Labute approximate surface area is 869 Å². The zero-order valence-electron chi connectivity index (χ0n) is 82.0. The van der Waals surface area contributed by atoms with Gasteiger partial charge in [0.25, 0.3) is 0 Å². The molecule has 12 nitrogen and oxygen atoms in total. The van der Waals surface area contributed by atoms with Gasteiger partial charge in [-0.15, -0.1) is 0 Å². The van der Waals surface area contributed by atoms with E-state index in [1.54, 1.807) is 0 Å². The molecule has 0 saturated carbocycles. The lowest BCUT2D eigenvalue weighted by Crippen LogP contribution is -2.13. The van der Waals surface area contributed by atoms with E-state index in [1.165, 1.54) is 32.6 Å². The molecule has 0 unspecified atom stereocenters. The van der Waals surface area contributed by atoms with E-state index in [1.807, 2.05) is 60.7 Å². The number of carbonyl (C=O) groups excluding carboxylic acids is 2. The number of hydrogen-bond donors (Lipinski definition) is 0. The third-order valence-electron chi connectivity index (χ3n) is 28.6. The van der Waals surface area contributed by atoms with E-state index in [9.17, 15) is 9.59 Å². The van der Waals surface area contributed by atoms with Gasteiger partial charge in [-0.2, -0.15) is 0 Å². The molecule has 150 heavy (non-hydrogen) atoms. The normalized spacial score (nSPS) is 11.3. The third kappa shape index (κ3) is 16.9. The van der Waals surface area contributed by atoms with E-state index in [2.05, 4.69) is 558 Å². The molecule has 26 aromatic rings. The molecule has 0 radical (unpaired) electrons. The fourth-order valence-corrected chi connectivity index (χ4v) is 21.6. The highest BCUT2D eigenvalue weighted by Crippen LogP contribution is 2.50. The number of para-hydroxylation sites is 10. The molecule has 4 aromatic heterocycles. The fraction of sp³-hybridized carbons (Fsp3) is 0. The zero-order chi connectivity index (χ0) is 100. The Balaban J connectivity index is 0.000000155. The van der Waals surface area contributed by atoms with Gasteiger partial charge in [-0.25, -0.2) is 0 Å². The highest BCUT2D eigenvalue weighted by atomic mass is 16.1. The van der Waals surface area contributed by atoms with Gasteiger partial charge >= 0.3 is 0 Å². The second-order valence-corrected chi connectivity index (χ2v) is 37.3. The van der Waals surface area contributed by atoms with Crippen LogP contribution in [0.2, 0.25) is 0 Å². The topological polar surface area (TPSA) is 73.3 Å². The van der Waals surface area contributed by atoms with Crippen LogP contribution < -0.4 is 29.4 Å². The number of aldehydes is 2. The second kappa shape index (κ2) is 39.8. The molecule has 26 rings (SSSR count). The van der Waals surface area contributed by atoms with Crippen molar-refractivity contribution < 1.29 is 9.59 Å². The van der Waals surface area contributed by atoms with E-state index in [-0.39, 0.29) is 0 Å². The van der Waals surface area contributed by atoms with Crippen molar-refractivity contribution in [1.82, 2.24) is 18.3 Å². The van der Waals surface area contributed by atoms with Crippen LogP contribution in [0, 0.1) is 0 Å². The van der Waals surface area contributed by atoms with Crippen LogP contribution in [0.25, 0.3) is 122 Å². The largest absolute Gasteiger partial charge is 0.311 e. The number of carbonyl (C=O) groups is 2. The Kier molecular flexibility index (Phi) is 24.1. The molecule has 0 N–H and O–H groups in total. The zero-order valence-corrected chi connectivity index (χ0v) is 82.0. The molecule has 712 valence electrons. The minimum atomic E-state index is 0.649. The minimum Gasteiger partial charge on any atom is -0.311 e. The molecule has 12 heteroatoms. The van der Waals surface area contributed by atoms with Crippen LogP contribution in [0.3, 0.4) is 0 Å². The Morgan fingerprint density at radius 1 is 0.140 bits per heavy atom. The standard InChI is InChI=1S/C70H51N5.C68H47N5O2/c1-3-50-28-32-59(33-29-50)74-67-26-16-14-24-63(67)65-48-61(44-46-69(65)74)72(53-20-10-6-11-21-53)57-40-36-55(37-41-57)71(52-18-8-5-9-19-52)56-38-42-58(43-39-56)73(54-22-12-7-13-23-54)62-45-47-70-66(49-62)64-25-15-17-27-68(64)75(70)60-34-30-51(4-2)31-35-60;74-46-48-24-28-57(29-25-48)72-65-22-12-10-20-61(65)63-44-59(40-42-67(63)72)70(51-16-6-2-7-17-51)55-36-32-53(33-37-55)69(50-14-4-1-5-15-50)54-34-38-56(39-35-54)71(52-18-8-3-9-19-52)60-41-43-68-64(45-60)62-21-11-13-23-66(62)73(68)58-30-26-49(47-75)27-31-58/h3-49H,1-2H2;1-47H. The van der Waals surface area contributed by atoms with E-state index in [0.29, 0.717) is 11.1 Å². The monoisotopic (exact) mass is 1930 g/mol. The number of fused-ring (bicyclic) bond motifs is 12. The summed E-state index contributed by atoms with van der Waals surface area (Å²) >= 11 is 0. The Bertz CT molecular complexity index is 8410. The van der Waals surface area contributed by atoms with Crippen LogP contribution in [0.4, 0.5) is 102 Å². The summed E-state index contributed by atoms with van der Waals surface area (Å²) in [6.07, 6.45) is 5.54. The van der Waals surface area contributed by atoms with E-state index in [4.69, 9.17) is 0 Å². The highest BCUT2D eigenvalue weighted by Gasteiger charge is 2.27. The van der Waals surface area contributed by atoms with Crippen LogP contribution in [-0.4, -0.2) is 30.8 Å². The number of benzene rings is 22. The summed E-state index contributed by atoms with van der Waals surface area (Å²) in [5.41, 5.74) is 35.6. The van der Waals surface area contributed by atoms with Crippen LogP contribution in [-0.2, 0) is 0 Å². The molecule has 0 fully saturated rings. The lowest BCUT2D eigenvalue weighted by atomic mass is 10.1. The lowest BCUT2D eigenvalue weighted by molar-refractivity contribution is 0.111. The summed E-state index contributed by atoms with van der Waals surface area (Å²) in [6, 6.07) is 193. The maximum atomic E-state index is 11.5. The Morgan fingerprint density at radius 3 is 0.467 bits per heavy atom. The van der Waals surface area contributed by atoms with Gasteiger partial charge in [0.15, 0.2) is 0 Å². The smallest absolute Gasteiger partial charge is 0.150 e. The average Bonchev–Trinajstić information content (AvgIpc) is 1.60. The molecule has 0 amide bonds. The molecular formula is C138H98N10O2. The Morgan fingerprint density at radius 2 is 0.287 bits per heavy atom. The molecule has 0 aliphatic heterocycles. The molecule has 0 aliphatic rings. The second-order valence-electron chi connectivity index (χ2n) is 37.3. The Hall–Kier alpha value is -20.3. The van der Waals surface area contributed by atoms with Crippen molar-refractivity contribution in [3.63, 3.8) is 0 Å². The number of aromatic nitrogens is 4. The van der Waals surface area contributed by atoms with E-state index in [0.717, 1.165) is 203 Å². The number of anilines is 18. The van der Waals surface area contributed by atoms with Crippen molar-refractivity contribution in [1.29, 1.82) is 0 Å². The quantitative estimate of drug-likeness (QED) is 0.0497. The van der Waals surface area contributed by atoms with E-state index < -0.39 is 0 Å². The summed E-state index contributed by atoms with van der Waals surface area (Å²) in [6.45, 7) is 7.94. The summed E-state index contributed by atoms with van der Waals surface area (Å²) in [5.74, 6) is 0. The van der Waals surface area contributed by atoms with Crippen molar-refractivity contribution >= 4 is 214 Å². The van der Waals surface area contributed by atoms with Crippen LogP contribution in [0.5, 0.6) is 0 Å². The molecule has 4 heterocycles. The van der Waals surface area contributed by atoms with Crippen LogP contribution in [0.1, 0.15) is 31.8 Å². The van der Waals surface area contributed by atoms with Gasteiger partial charge in [-0.3, -0.25) is 9.59 Å². The number of hydrogen-bond acceptors (Lipinski definition) is 8. The van der Waals surface area contributed by atoms with Crippen molar-refractivity contribution in [3.05, 3.63) is 581 Å². The average molecular weight is 1930 g/mol. The number of nitrogens with zero attached hydrogens (tertiary/aromatic N) is 10. The van der Waals surface area contributed by atoms with Gasteiger partial charge in [0.05, 0.1) is 44.1 Å². The first-order chi connectivity index (χ1) is 74.2. The van der Waals surface area contributed by atoms with Gasteiger partial charge in [-0.1, -0.05) is 232 Å². The van der Waals surface area contributed by atoms with Gasteiger partial charge in [0, 0.05) is 179 Å². The third-order valence-corrected chi connectivity index (χ3v) is 28.6. The van der Waals surface area contributed by atoms with Gasteiger partial charge < -0.3 is 47.7 Å². The highest BCUT2D eigenvalue weighted by molar-refractivity contribution is 6.15.